The van der Waals surface area contributed by atoms with Gasteiger partial charge in [-0.05, 0) is 24.6 Å². The number of hydrogen-bond acceptors (Lipinski definition) is 3. The van der Waals surface area contributed by atoms with Crippen LogP contribution in [0.4, 0.5) is 4.39 Å². The molecule has 0 aliphatic carbocycles. The van der Waals surface area contributed by atoms with E-state index in [1.54, 1.807) is 17.0 Å². The molecule has 1 amide bonds. The Balaban J connectivity index is 2.53. The van der Waals surface area contributed by atoms with Crippen molar-refractivity contribution in [2.24, 2.45) is 5.73 Å². The third-order valence-corrected chi connectivity index (χ3v) is 2.48. The molecule has 100 valence electrons. The summed E-state index contributed by atoms with van der Waals surface area (Å²) in [6.45, 7) is 3.59. The summed E-state index contributed by atoms with van der Waals surface area (Å²) in [5, 5.41) is 0. The summed E-state index contributed by atoms with van der Waals surface area (Å²) >= 11 is 0. The number of benzene rings is 1. The van der Waals surface area contributed by atoms with E-state index in [-0.39, 0.29) is 18.3 Å². The molecule has 0 aliphatic rings. The highest BCUT2D eigenvalue weighted by atomic mass is 19.1. The minimum absolute atomic E-state index is 0.0142. The first-order chi connectivity index (χ1) is 8.67. The minimum Gasteiger partial charge on any atom is -0.370 e. The molecule has 0 aliphatic heterocycles. The van der Waals surface area contributed by atoms with Gasteiger partial charge in [-0.1, -0.05) is 12.1 Å². The molecule has 0 spiro atoms. The maximum atomic E-state index is 13.0. The van der Waals surface area contributed by atoms with Gasteiger partial charge in [0.15, 0.2) is 0 Å². The van der Waals surface area contributed by atoms with E-state index in [0.29, 0.717) is 26.2 Å². The van der Waals surface area contributed by atoms with E-state index in [1.807, 2.05) is 6.92 Å². The van der Waals surface area contributed by atoms with Crippen LogP contribution >= 0.6 is 0 Å². The number of ether oxygens (including phenoxy) is 1. The van der Waals surface area contributed by atoms with Crippen molar-refractivity contribution in [2.75, 3.05) is 26.3 Å². The fourth-order valence-electron chi connectivity index (χ4n) is 1.57. The molecule has 0 saturated carbocycles. The van der Waals surface area contributed by atoms with Crippen LogP contribution in [0.3, 0.4) is 0 Å². The number of hydrogen-bond donors (Lipinski definition) is 1. The Bertz CT molecular complexity index is 385. The van der Waals surface area contributed by atoms with E-state index in [4.69, 9.17) is 10.5 Å². The molecular weight excluding hydrogens is 235 g/mol. The normalized spacial score (nSPS) is 10.4. The van der Waals surface area contributed by atoms with Crippen LogP contribution in [0.25, 0.3) is 0 Å². The van der Waals surface area contributed by atoms with Crippen molar-refractivity contribution in [3.05, 3.63) is 35.6 Å². The second-order valence-corrected chi connectivity index (χ2v) is 3.88. The van der Waals surface area contributed by atoms with Crippen LogP contribution in [0.5, 0.6) is 0 Å². The van der Waals surface area contributed by atoms with Crippen molar-refractivity contribution in [2.45, 2.75) is 13.5 Å². The third kappa shape index (κ3) is 4.81. The van der Waals surface area contributed by atoms with Crippen LogP contribution in [-0.2, 0) is 16.1 Å². The third-order valence-electron chi connectivity index (χ3n) is 2.48. The number of halogens is 1. The summed E-state index contributed by atoms with van der Waals surface area (Å²) in [4.78, 5) is 13.4. The molecule has 18 heavy (non-hydrogen) atoms. The molecule has 0 bridgehead atoms. The standard InChI is InChI=1S/C13H19FN2O2/c1-2-16(13(17)10-18-7-6-15)9-11-4-3-5-12(14)8-11/h3-5,8H,2,6-7,9-10,15H2,1H3. The lowest BCUT2D eigenvalue weighted by atomic mass is 10.2. The Morgan fingerprint density at radius 2 is 2.28 bits per heavy atom. The maximum Gasteiger partial charge on any atom is 0.248 e. The number of likely N-dealkylation sites (N-methyl/N-ethyl adjacent to an activating group) is 1. The van der Waals surface area contributed by atoms with Gasteiger partial charge in [-0.15, -0.1) is 0 Å². The lowest BCUT2D eigenvalue weighted by Crippen LogP contribution is -2.33. The molecule has 4 nitrogen and oxygen atoms in total. The van der Waals surface area contributed by atoms with Gasteiger partial charge >= 0.3 is 0 Å². The lowest BCUT2D eigenvalue weighted by molar-refractivity contribution is -0.136. The van der Waals surface area contributed by atoms with Crippen molar-refractivity contribution in [3.63, 3.8) is 0 Å². The fraction of sp³-hybridized carbons (Fsp3) is 0.462. The highest BCUT2D eigenvalue weighted by molar-refractivity contribution is 5.77. The number of nitrogens with zero attached hydrogens (tertiary/aromatic N) is 1. The van der Waals surface area contributed by atoms with Gasteiger partial charge in [0.25, 0.3) is 0 Å². The Morgan fingerprint density at radius 1 is 1.50 bits per heavy atom. The largest absolute Gasteiger partial charge is 0.370 e. The molecule has 0 atom stereocenters. The molecule has 2 N–H and O–H groups in total. The van der Waals surface area contributed by atoms with Gasteiger partial charge < -0.3 is 15.4 Å². The van der Waals surface area contributed by atoms with Crippen molar-refractivity contribution < 1.29 is 13.9 Å². The molecule has 1 aromatic carbocycles. The van der Waals surface area contributed by atoms with Crippen LogP contribution in [0.1, 0.15) is 12.5 Å². The number of rotatable bonds is 7. The Kier molecular flexibility index (Phi) is 6.32. The predicted octanol–water partition coefficient (Wildman–Crippen LogP) is 1.15. The zero-order valence-electron chi connectivity index (χ0n) is 10.6. The molecule has 1 aromatic rings. The topological polar surface area (TPSA) is 55.6 Å². The zero-order chi connectivity index (χ0) is 13.4. The number of carbonyl (C=O) groups is 1. The van der Waals surface area contributed by atoms with Gasteiger partial charge in [0.05, 0.1) is 6.61 Å². The second kappa shape index (κ2) is 7.79. The van der Waals surface area contributed by atoms with Gasteiger partial charge in [0.2, 0.25) is 5.91 Å². The van der Waals surface area contributed by atoms with Gasteiger partial charge in [-0.3, -0.25) is 4.79 Å². The van der Waals surface area contributed by atoms with Crippen molar-refractivity contribution in [3.8, 4) is 0 Å². The van der Waals surface area contributed by atoms with E-state index < -0.39 is 0 Å². The monoisotopic (exact) mass is 254 g/mol. The molecule has 0 unspecified atom stereocenters. The maximum absolute atomic E-state index is 13.0. The second-order valence-electron chi connectivity index (χ2n) is 3.88. The van der Waals surface area contributed by atoms with Gasteiger partial charge in [0, 0.05) is 19.6 Å². The van der Waals surface area contributed by atoms with E-state index >= 15 is 0 Å². The van der Waals surface area contributed by atoms with E-state index in [2.05, 4.69) is 0 Å². The van der Waals surface area contributed by atoms with Crippen LogP contribution in [0.15, 0.2) is 24.3 Å². The van der Waals surface area contributed by atoms with Gasteiger partial charge in [-0.25, -0.2) is 4.39 Å². The van der Waals surface area contributed by atoms with Crippen LogP contribution in [-0.4, -0.2) is 37.1 Å². The average molecular weight is 254 g/mol. The molecule has 0 radical (unpaired) electrons. The number of carbonyl (C=O) groups excluding carboxylic acids is 1. The van der Waals surface area contributed by atoms with Crippen molar-refractivity contribution in [1.29, 1.82) is 0 Å². The predicted molar refractivity (Wildman–Crippen MR) is 67.4 cm³/mol. The summed E-state index contributed by atoms with van der Waals surface area (Å²) in [6.07, 6.45) is 0. The summed E-state index contributed by atoms with van der Waals surface area (Å²) < 4.78 is 18.1. The Morgan fingerprint density at radius 3 is 2.89 bits per heavy atom. The van der Waals surface area contributed by atoms with Gasteiger partial charge in [-0.2, -0.15) is 0 Å². The van der Waals surface area contributed by atoms with Crippen LogP contribution < -0.4 is 5.73 Å². The molecule has 0 saturated heterocycles. The van der Waals surface area contributed by atoms with Crippen LogP contribution in [0, 0.1) is 5.82 Å². The molecule has 0 heterocycles. The Hall–Kier alpha value is -1.46. The summed E-state index contributed by atoms with van der Waals surface area (Å²) in [5.74, 6) is -0.411. The van der Waals surface area contributed by atoms with E-state index in [9.17, 15) is 9.18 Å². The SMILES string of the molecule is CCN(Cc1cccc(F)c1)C(=O)COCCN. The first-order valence-electron chi connectivity index (χ1n) is 5.97. The van der Waals surface area contributed by atoms with E-state index in [1.165, 1.54) is 12.1 Å². The molecular formula is C13H19FN2O2. The van der Waals surface area contributed by atoms with Gasteiger partial charge in [0.1, 0.15) is 12.4 Å². The minimum atomic E-state index is -0.296. The van der Waals surface area contributed by atoms with Crippen molar-refractivity contribution >= 4 is 5.91 Å². The quantitative estimate of drug-likeness (QED) is 0.743. The average Bonchev–Trinajstić information content (AvgIpc) is 2.36. The molecule has 0 aromatic heterocycles. The first kappa shape index (κ1) is 14.6. The van der Waals surface area contributed by atoms with E-state index in [0.717, 1.165) is 5.56 Å². The summed E-state index contributed by atoms with van der Waals surface area (Å²) in [5.41, 5.74) is 6.04. The fourth-order valence-corrected chi connectivity index (χ4v) is 1.57. The van der Waals surface area contributed by atoms with Crippen LogP contribution in [0.2, 0.25) is 0 Å². The number of amides is 1. The van der Waals surface area contributed by atoms with Crippen molar-refractivity contribution in [1.82, 2.24) is 4.90 Å². The number of nitrogens with two attached hydrogens (primary N) is 1. The highest BCUT2D eigenvalue weighted by Crippen LogP contribution is 2.07. The molecule has 1 rings (SSSR count). The summed E-state index contributed by atoms with van der Waals surface area (Å²) in [7, 11) is 0. The lowest BCUT2D eigenvalue weighted by Gasteiger charge is -2.21. The highest BCUT2D eigenvalue weighted by Gasteiger charge is 2.12. The Labute approximate surface area is 107 Å². The molecule has 0 fully saturated rings. The molecule has 5 heteroatoms. The smallest absolute Gasteiger partial charge is 0.248 e. The zero-order valence-corrected chi connectivity index (χ0v) is 10.6. The summed E-state index contributed by atoms with van der Waals surface area (Å²) in [6, 6.07) is 6.23. The first-order valence-corrected chi connectivity index (χ1v) is 5.97.